The van der Waals surface area contributed by atoms with E-state index in [0.29, 0.717) is 0 Å². The Kier molecular flexibility index (Phi) is 4.03. The van der Waals surface area contributed by atoms with Crippen molar-refractivity contribution in [1.29, 1.82) is 0 Å². The van der Waals surface area contributed by atoms with Gasteiger partial charge in [0.2, 0.25) is 0 Å². The molecule has 0 aliphatic rings. The van der Waals surface area contributed by atoms with Crippen molar-refractivity contribution in [1.82, 2.24) is 9.55 Å². The summed E-state index contributed by atoms with van der Waals surface area (Å²) in [5, 5.41) is 0. The van der Waals surface area contributed by atoms with Gasteiger partial charge in [-0.1, -0.05) is 12.1 Å². The number of nitrogens with zero attached hydrogens (tertiary/aromatic N) is 2. The van der Waals surface area contributed by atoms with E-state index in [-0.39, 0.29) is 11.5 Å². The number of carbonyl (C=O) groups is 1. The Bertz CT molecular complexity index is 590. The molecule has 0 unspecified atom stereocenters. The second-order valence-corrected chi connectivity index (χ2v) is 5.42. The number of imidazole rings is 1. The molecular weight excluding hydrogens is 252 g/mol. The molecule has 0 saturated heterocycles. The SMILES string of the molecule is CC(C)(C)Oc1ccc(/C=C/C(=O)n2ccnc2)cc1. The van der Waals surface area contributed by atoms with Gasteiger partial charge in [0.25, 0.3) is 5.91 Å². The van der Waals surface area contributed by atoms with Crippen molar-refractivity contribution in [2.45, 2.75) is 26.4 Å². The Morgan fingerprint density at radius 2 is 1.95 bits per heavy atom. The Hall–Kier alpha value is -2.36. The molecule has 4 nitrogen and oxygen atoms in total. The van der Waals surface area contributed by atoms with Crippen LogP contribution in [0.5, 0.6) is 5.75 Å². The zero-order chi connectivity index (χ0) is 14.6. The highest BCUT2D eigenvalue weighted by Crippen LogP contribution is 2.18. The second kappa shape index (κ2) is 5.74. The minimum Gasteiger partial charge on any atom is -0.488 e. The fourth-order valence-corrected chi connectivity index (χ4v) is 1.64. The van der Waals surface area contributed by atoms with Crippen LogP contribution < -0.4 is 4.74 Å². The fourth-order valence-electron chi connectivity index (χ4n) is 1.64. The van der Waals surface area contributed by atoms with Gasteiger partial charge in [-0.3, -0.25) is 9.36 Å². The van der Waals surface area contributed by atoms with E-state index in [4.69, 9.17) is 4.74 Å². The average Bonchev–Trinajstić information content (AvgIpc) is 2.89. The molecule has 20 heavy (non-hydrogen) atoms. The largest absolute Gasteiger partial charge is 0.488 e. The molecule has 104 valence electrons. The van der Waals surface area contributed by atoms with Gasteiger partial charge >= 0.3 is 0 Å². The van der Waals surface area contributed by atoms with Crippen molar-refractivity contribution in [2.75, 3.05) is 0 Å². The predicted molar refractivity (Wildman–Crippen MR) is 78.7 cm³/mol. The van der Waals surface area contributed by atoms with Crippen molar-refractivity contribution in [3.8, 4) is 5.75 Å². The maximum atomic E-state index is 11.7. The molecule has 1 heterocycles. The third-order valence-corrected chi connectivity index (χ3v) is 2.48. The molecule has 1 aromatic carbocycles. The maximum Gasteiger partial charge on any atom is 0.255 e. The van der Waals surface area contributed by atoms with Crippen molar-refractivity contribution in [2.24, 2.45) is 0 Å². The van der Waals surface area contributed by atoms with Gasteiger partial charge < -0.3 is 4.74 Å². The number of hydrogen-bond acceptors (Lipinski definition) is 3. The van der Waals surface area contributed by atoms with Gasteiger partial charge in [0.1, 0.15) is 17.7 Å². The van der Waals surface area contributed by atoms with E-state index in [0.717, 1.165) is 11.3 Å². The molecule has 0 atom stereocenters. The lowest BCUT2D eigenvalue weighted by molar-refractivity contribution is 0.0969. The molecule has 0 aliphatic carbocycles. The summed E-state index contributed by atoms with van der Waals surface area (Å²) < 4.78 is 7.16. The van der Waals surface area contributed by atoms with Crippen molar-refractivity contribution in [3.63, 3.8) is 0 Å². The van der Waals surface area contributed by atoms with Gasteiger partial charge in [0.05, 0.1) is 0 Å². The third-order valence-electron chi connectivity index (χ3n) is 2.48. The van der Waals surface area contributed by atoms with Crippen LogP contribution >= 0.6 is 0 Å². The summed E-state index contributed by atoms with van der Waals surface area (Å²) in [7, 11) is 0. The first-order chi connectivity index (χ1) is 9.44. The van der Waals surface area contributed by atoms with Gasteiger partial charge in [0.15, 0.2) is 0 Å². The number of ether oxygens (including phenoxy) is 1. The van der Waals surface area contributed by atoms with E-state index in [1.54, 1.807) is 18.5 Å². The van der Waals surface area contributed by atoms with Crippen LogP contribution in [0.25, 0.3) is 6.08 Å². The summed E-state index contributed by atoms with van der Waals surface area (Å²) in [6, 6.07) is 7.62. The normalized spacial score (nSPS) is 11.8. The quantitative estimate of drug-likeness (QED) is 0.803. The van der Waals surface area contributed by atoms with Crippen LogP contribution in [0.2, 0.25) is 0 Å². The molecule has 0 fully saturated rings. The van der Waals surface area contributed by atoms with Crippen LogP contribution in [0.4, 0.5) is 0 Å². The summed E-state index contributed by atoms with van der Waals surface area (Å²) in [5.41, 5.74) is 0.731. The van der Waals surface area contributed by atoms with Crippen molar-refractivity contribution in [3.05, 3.63) is 54.6 Å². The maximum absolute atomic E-state index is 11.7. The summed E-state index contributed by atoms with van der Waals surface area (Å²) in [5.74, 6) is 0.688. The summed E-state index contributed by atoms with van der Waals surface area (Å²) in [6.07, 6.45) is 7.95. The van der Waals surface area contributed by atoms with Gasteiger partial charge in [0, 0.05) is 18.5 Å². The fraction of sp³-hybridized carbons (Fsp3) is 0.250. The molecule has 0 amide bonds. The van der Waals surface area contributed by atoms with E-state index >= 15 is 0 Å². The zero-order valence-corrected chi connectivity index (χ0v) is 11.9. The molecule has 1 aromatic heterocycles. The average molecular weight is 270 g/mol. The molecule has 0 aliphatic heterocycles. The van der Waals surface area contributed by atoms with E-state index < -0.39 is 0 Å². The molecular formula is C16H18N2O2. The Balaban J connectivity index is 2.02. The topological polar surface area (TPSA) is 44.1 Å². The van der Waals surface area contributed by atoms with E-state index in [2.05, 4.69) is 4.98 Å². The molecule has 0 spiro atoms. The van der Waals surface area contributed by atoms with Gasteiger partial charge in [-0.05, 0) is 44.5 Å². The van der Waals surface area contributed by atoms with Gasteiger partial charge in [-0.15, -0.1) is 0 Å². The van der Waals surface area contributed by atoms with E-state index in [1.165, 1.54) is 17.0 Å². The molecule has 2 aromatic rings. The van der Waals surface area contributed by atoms with Gasteiger partial charge in [-0.25, -0.2) is 4.98 Å². The molecule has 0 radical (unpaired) electrons. The highest BCUT2D eigenvalue weighted by atomic mass is 16.5. The lowest BCUT2D eigenvalue weighted by atomic mass is 10.1. The van der Waals surface area contributed by atoms with Crippen LogP contribution in [0, 0.1) is 0 Å². The van der Waals surface area contributed by atoms with Crippen LogP contribution in [-0.2, 0) is 0 Å². The molecule has 2 rings (SSSR count). The monoisotopic (exact) mass is 270 g/mol. The number of allylic oxidation sites excluding steroid dienone is 1. The minimum absolute atomic E-state index is 0.127. The van der Waals surface area contributed by atoms with E-state index in [9.17, 15) is 4.79 Å². The summed E-state index contributed by atoms with van der Waals surface area (Å²) >= 11 is 0. The molecule has 0 saturated carbocycles. The number of rotatable bonds is 3. The lowest BCUT2D eigenvalue weighted by Crippen LogP contribution is -2.22. The first kappa shape index (κ1) is 14.1. The number of benzene rings is 1. The number of hydrogen-bond donors (Lipinski definition) is 0. The lowest BCUT2D eigenvalue weighted by Gasteiger charge is -2.21. The number of carbonyl (C=O) groups excluding carboxylic acids is 1. The second-order valence-electron chi connectivity index (χ2n) is 5.42. The summed E-state index contributed by atoms with van der Waals surface area (Å²) in [4.78, 5) is 15.6. The molecule has 0 N–H and O–H groups in total. The Labute approximate surface area is 118 Å². The summed E-state index contributed by atoms with van der Waals surface area (Å²) in [6.45, 7) is 6.01. The predicted octanol–water partition coefficient (Wildman–Crippen LogP) is 3.41. The van der Waals surface area contributed by atoms with Crippen LogP contribution in [-0.4, -0.2) is 21.1 Å². The first-order valence-corrected chi connectivity index (χ1v) is 6.43. The van der Waals surface area contributed by atoms with Crippen LogP contribution in [0.3, 0.4) is 0 Å². The van der Waals surface area contributed by atoms with Crippen LogP contribution in [0.1, 0.15) is 31.1 Å². The highest BCUT2D eigenvalue weighted by Gasteiger charge is 2.11. The van der Waals surface area contributed by atoms with Crippen molar-refractivity contribution < 1.29 is 9.53 Å². The Morgan fingerprint density at radius 1 is 1.25 bits per heavy atom. The smallest absolute Gasteiger partial charge is 0.255 e. The Morgan fingerprint density at radius 3 is 2.50 bits per heavy atom. The van der Waals surface area contributed by atoms with Gasteiger partial charge in [-0.2, -0.15) is 0 Å². The van der Waals surface area contributed by atoms with Crippen LogP contribution in [0.15, 0.2) is 49.1 Å². The van der Waals surface area contributed by atoms with E-state index in [1.807, 2.05) is 45.0 Å². The molecule has 4 heteroatoms. The zero-order valence-electron chi connectivity index (χ0n) is 11.9. The van der Waals surface area contributed by atoms with Crippen molar-refractivity contribution >= 4 is 12.0 Å². The minimum atomic E-state index is -0.214. The standard InChI is InChI=1S/C16H18N2O2/c1-16(2,3)20-14-7-4-13(5-8-14)6-9-15(19)18-11-10-17-12-18/h4-12H,1-3H3/b9-6+. The third kappa shape index (κ3) is 4.09. The highest BCUT2D eigenvalue weighted by molar-refractivity contribution is 5.93. The first-order valence-electron chi connectivity index (χ1n) is 6.43. The molecule has 0 bridgehead atoms. The number of aromatic nitrogens is 2.